The molecule has 0 spiro atoms. The summed E-state index contributed by atoms with van der Waals surface area (Å²) in [6, 6.07) is 17.2. The Labute approximate surface area is 276 Å². The SMILES string of the molecule is CCOc1ccc(N(CC(=O)N(Cc2c(Cl)cccc2Cl)C(CC)C(=O)NC2CCCCC2)S(=O)(=O)c2ccc(C)cc2)cc1. The third-order valence-corrected chi connectivity index (χ3v) is 10.5. The molecule has 3 aromatic rings. The second-order valence-corrected chi connectivity index (χ2v) is 13.9. The lowest BCUT2D eigenvalue weighted by atomic mass is 9.95. The summed E-state index contributed by atoms with van der Waals surface area (Å²) < 4.78 is 34.9. The van der Waals surface area contributed by atoms with Gasteiger partial charge < -0.3 is 15.0 Å². The van der Waals surface area contributed by atoms with E-state index in [0.717, 1.165) is 42.0 Å². The van der Waals surface area contributed by atoms with Crippen molar-refractivity contribution in [2.75, 3.05) is 17.5 Å². The van der Waals surface area contributed by atoms with Gasteiger partial charge in [0.1, 0.15) is 18.3 Å². The highest BCUT2D eigenvalue weighted by molar-refractivity contribution is 7.92. The van der Waals surface area contributed by atoms with Crippen molar-refractivity contribution in [1.29, 1.82) is 0 Å². The summed E-state index contributed by atoms with van der Waals surface area (Å²) in [5.74, 6) is -0.281. The van der Waals surface area contributed by atoms with Gasteiger partial charge in [-0.2, -0.15) is 0 Å². The van der Waals surface area contributed by atoms with Gasteiger partial charge in [-0.1, -0.05) is 73.2 Å². The third-order valence-electron chi connectivity index (χ3n) is 8.05. The monoisotopic (exact) mass is 673 g/mol. The molecule has 1 aliphatic rings. The van der Waals surface area contributed by atoms with E-state index in [1.54, 1.807) is 54.6 Å². The van der Waals surface area contributed by atoms with Gasteiger partial charge in [-0.3, -0.25) is 13.9 Å². The second kappa shape index (κ2) is 15.8. The zero-order valence-electron chi connectivity index (χ0n) is 26.0. The van der Waals surface area contributed by atoms with E-state index in [2.05, 4.69) is 5.32 Å². The van der Waals surface area contributed by atoms with Crippen molar-refractivity contribution in [2.45, 2.75) is 82.8 Å². The fraction of sp³-hybridized carbons (Fsp3) is 0.412. The molecule has 1 N–H and O–H groups in total. The standard InChI is InChI=1S/C34H41Cl2N3O5S/c1-4-32(34(41)37-25-10-7-6-8-11-25)38(22-29-30(35)12-9-13-31(29)36)33(40)23-39(26-16-18-27(19-17-26)44-5-2)45(42,43)28-20-14-24(3)15-21-28/h9,12-21,25,32H,4-8,10-11,22-23H2,1-3H3,(H,37,41). The van der Waals surface area contributed by atoms with Crippen LogP contribution in [0, 0.1) is 6.92 Å². The molecule has 45 heavy (non-hydrogen) atoms. The van der Waals surface area contributed by atoms with Gasteiger partial charge in [0.25, 0.3) is 10.0 Å². The predicted octanol–water partition coefficient (Wildman–Crippen LogP) is 7.15. The van der Waals surface area contributed by atoms with Crippen LogP contribution in [0.1, 0.15) is 63.5 Å². The van der Waals surface area contributed by atoms with E-state index in [-0.39, 0.29) is 29.1 Å². The lowest BCUT2D eigenvalue weighted by Gasteiger charge is -2.34. The number of anilines is 1. The Hall–Kier alpha value is -3.27. The fourth-order valence-corrected chi connectivity index (χ4v) is 7.49. The van der Waals surface area contributed by atoms with Crippen LogP contribution in [0.25, 0.3) is 0 Å². The number of nitrogens with one attached hydrogen (secondary N) is 1. The first-order chi connectivity index (χ1) is 21.5. The van der Waals surface area contributed by atoms with Crippen LogP contribution in [0.2, 0.25) is 10.0 Å². The van der Waals surface area contributed by atoms with Crippen LogP contribution in [0.15, 0.2) is 71.6 Å². The van der Waals surface area contributed by atoms with Crippen molar-refractivity contribution in [2.24, 2.45) is 0 Å². The van der Waals surface area contributed by atoms with E-state index < -0.39 is 28.5 Å². The van der Waals surface area contributed by atoms with Crippen LogP contribution < -0.4 is 14.4 Å². The van der Waals surface area contributed by atoms with Crippen molar-refractivity contribution >= 4 is 50.7 Å². The summed E-state index contributed by atoms with van der Waals surface area (Å²) in [5, 5.41) is 3.83. The summed E-state index contributed by atoms with van der Waals surface area (Å²) in [7, 11) is -4.20. The molecule has 0 saturated heterocycles. The number of benzene rings is 3. The van der Waals surface area contributed by atoms with E-state index in [1.165, 1.54) is 17.0 Å². The van der Waals surface area contributed by atoms with Gasteiger partial charge in [-0.05, 0) is 81.6 Å². The quantitative estimate of drug-likeness (QED) is 0.208. The summed E-state index contributed by atoms with van der Waals surface area (Å²) in [6.45, 7) is 5.37. The Kier molecular flexibility index (Phi) is 12.2. The number of amides is 2. The molecular formula is C34H41Cl2N3O5S. The first-order valence-corrected chi connectivity index (χ1v) is 17.6. The van der Waals surface area contributed by atoms with E-state index in [4.69, 9.17) is 27.9 Å². The zero-order valence-corrected chi connectivity index (χ0v) is 28.3. The maximum absolute atomic E-state index is 14.4. The first kappa shape index (κ1) is 34.6. The van der Waals surface area contributed by atoms with Crippen LogP contribution in [0.4, 0.5) is 5.69 Å². The molecule has 3 aromatic carbocycles. The van der Waals surface area contributed by atoms with Crippen LogP contribution in [-0.4, -0.2) is 50.4 Å². The maximum atomic E-state index is 14.4. The smallest absolute Gasteiger partial charge is 0.264 e. The average Bonchev–Trinajstić information content (AvgIpc) is 3.02. The number of rotatable bonds is 13. The number of sulfonamides is 1. The van der Waals surface area contributed by atoms with Gasteiger partial charge in [0.2, 0.25) is 11.8 Å². The van der Waals surface area contributed by atoms with Gasteiger partial charge in [-0.15, -0.1) is 0 Å². The van der Waals surface area contributed by atoms with Crippen molar-refractivity contribution < 1.29 is 22.7 Å². The molecule has 4 rings (SSSR count). The molecular weight excluding hydrogens is 633 g/mol. The lowest BCUT2D eigenvalue weighted by Crippen LogP contribution is -2.54. The molecule has 242 valence electrons. The average molecular weight is 675 g/mol. The minimum absolute atomic E-state index is 0.0309. The molecule has 1 aliphatic carbocycles. The number of nitrogens with zero attached hydrogens (tertiary/aromatic N) is 2. The number of hydrogen-bond donors (Lipinski definition) is 1. The molecule has 0 heterocycles. The molecule has 8 nitrogen and oxygen atoms in total. The Morgan fingerprint density at radius 1 is 0.933 bits per heavy atom. The molecule has 1 unspecified atom stereocenters. The summed E-state index contributed by atoms with van der Waals surface area (Å²) in [6.07, 6.45) is 5.27. The molecule has 1 fully saturated rings. The van der Waals surface area contributed by atoms with Gasteiger partial charge >= 0.3 is 0 Å². The number of carbonyl (C=O) groups excluding carboxylic acids is 2. The molecule has 11 heteroatoms. The molecule has 2 amide bonds. The third kappa shape index (κ3) is 8.71. The Balaban J connectivity index is 1.74. The highest BCUT2D eigenvalue weighted by Crippen LogP contribution is 2.30. The molecule has 1 saturated carbocycles. The summed E-state index contributed by atoms with van der Waals surface area (Å²) in [4.78, 5) is 29.6. The zero-order chi connectivity index (χ0) is 32.6. The number of halogens is 2. The topological polar surface area (TPSA) is 96.0 Å². The largest absolute Gasteiger partial charge is 0.494 e. The van der Waals surface area contributed by atoms with Gasteiger partial charge in [0.15, 0.2) is 0 Å². The molecule has 0 radical (unpaired) electrons. The summed E-state index contributed by atoms with van der Waals surface area (Å²) in [5.41, 5.74) is 1.66. The Morgan fingerprint density at radius 3 is 2.13 bits per heavy atom. The van der Waals surface area contributed by atoms with E-state index >= 15 is 0 Å². The highest BCUT2D eigenvalue weighted by atomic mass is 35.5. The van der Waals surface area contributed by atoms with Crippen molar-refractivity contribution in [1.82, 2.24) is 10.2 Å². The van der Waals surface area contributed by atoms with E-state index in [9.17, 15) is 18.0 Å². The lowest BCUT2D eigenvalue weighted by molar-refractivity contribution is -0.140. The highest BCUT2D eigenvalue weighted by Gasteiger charge is 2.35. The minimum atomic E-state index is -4.20. The second-order valence-electron chi connectivity index (χ2n) is 11.2. The number of aryl methyl sites for hydroxylation is 1. The van der Waals surface area contributed by atoms with Gasteiger partial charge in [0.05, 0.1) is 17.2 Å². The van der Waals surface area contributed by atoms with E-state index in [0.29, 0.717) is 34.4 Å². The van der Waals surface area contributed by atoms with Crippen molar-refractivity contribution in [3.8, 4) is 5.75 Å². The van der Waals surface area contributed by atoms with E-state index in [1.807, 2.05) is 20.8 Å². The normalized spacial score (nSPS) is 14.4. The Bertz CT molecular complexity index is 1540. The molecule has 0 aliphatic heterocycles. The Morgan fingerprint density at radius 2 is 1.56 bits per heavy atom. The number of ether oxygens (including phenoxy) is 1. The van der Waals surface area contributed by atoms with Crippen LogP contribution >= 0.6 is 23.2 Å². The molecule has 0 aromatic heterocycles. The molecule has 1 atom stereocenters. The molecule has 0 bridgehead atoms. The number of carbonyl (C=O) groups is 2. The van der Waals surface area contributed by atoms with Gasteiger partial charge in [-0.25, -0.2) is 8.42 Å². The van der Waals surface area contributed by atoms with Crippen molar-refractivity contribution in [3.63, 3.8) is 0 Å². The van der Waals surface area contributed by atoms with Gasteiger partial charge in [0, 0.05) is 28.2 Å². The maximum Gasteiger partial charge on any atom is 0.264 e. The van der Waals surface area contributed by atoms with Crippen LogP contribution in [0.5, 0.6) is 5.75 Å². The minimum Gasteiger partial charge on any atom is -0.494 e. The fourth-order valence-electron chi connectivity index (χ4n) is 5.56. The van der Waals surface area contributed by atoms with Crippen LogP contribution in [-0.2, 0) is 26.2 Å². The predicted molar refractivity (Wildman–Crippen MR) is 179 cm³/mol. The first-order valence-electron chi connectivity index (χ1n) is 15.4. The number of hydrogen-bond acceptors (Lipinski definition) is 5. The van der Waals surface area contributed by atoms with Crippen molar-refractivity contribution in [3.05, 3.63) is 87.9 Å². The summed E-state index contributed by atoms with van der Waals surface area (Å²) >= 11 is 13.1. The van der Waals surface area contributed by atoms with Crippen LogP contribution in [0.3, 0.4) is 0 Å².